The number of nitrogens with one attached hydrogen (secondary N) is 1. The molecule has 2 aliphatic heterocycles. The third kappa shape index (κ3) is 4.30. The standard InChI is InChI=1S/C20H25N3O2/c1-2-8-21-17(4-1)14-23-9-3-5-18(15-23)22-13-16-6-7-19-20(12-16)25-11-10-24-19/h1-2,4,6-8,12,18,22H,3,5,9-11,13-15H2/t18-/m1/s1. The molecule has 5 heteroatoms. The van der Waals surface area contributed by atoms with Crippen LogP contribution >= 0.6 is 0 Å². The minimum atomic E-state index is 0.519. The van der Waals surface area contributed by atoms with Crippen molar-refractivity contribution >= 4 is 0 Å². The Balaban J connectivity index is 1.30. The average molecular weight is 339 g/mol. The molecule has 0 spiro atoms. The highest BCUT2D eigenvalue weighted by Gasteiger charge is 2.20. The summed E-state index contributed by atoms with van der Waals surface area (Å²) in [4.78, 5) is 6.94. The van der Waals surface area contributed by atoms with E-state index in [1.807, 2.05) is 18.3 Å². The quantitative estimate of drug-likeness (QED) is 0.907. The van der Waals surface area contributed by atoms with Crippen LogP contribution in [0.5, 0.6) is 11.5 Å². The summed E-state index contributed by atoms with van der Waals surface area (Å²) < 4.78 is 11.3. The molecule has 1 fully saturated rings. The summed E-state index contributed by atoms with van der Waals surface area (Å²) in [6, 6.07) is 12.9. The number of pyridine rings is 1. The molecule has 1 saturated heterocycles. The van der Waals surface area contributed by atoms with Gasteiger partial charge in [0.05, 0.1) is 5.69 Å². The summed E-state index contributed by atoms with van der Waals surface area (Å²) in [5, 5.41) is 3.70. The average Bonchev–Trinajstić information content (AvgIpc) is 2.67. The van der Waals surface area contributed by atoms with Crippen molar-refractivity contribution < 1.29 is 9.47 Å². The van der Waals surface area contributed by atoms with Gasteiger partial charge >= 0.3 is 0 Å². The highest BCUT2D eigenvalue weighted by atomic mass is 16.6. The van der Waals surface area contributed by atoms with E-state index >= 15 is 0 Å². The van der Waals surface area contributed by atoms with Crippen molar-refractivity contribution in [3.63, 3.8) is 0 Å². The Kier molecular flexibility index (Phi) is 5.14. The third-order valence-electron chi connectivity index (χ3n) is 4.82. The van der Waals surface area contributed by atoms with Gasteiger partial charge in [-0.05, 0) is 49.2 Å². The van der Waals surface area contributed by atoms with E-state index in [4.69, 9.17) is 9.47 Å². The minimum absolute atomic E-state index is 0.519. The molecule has 0 bridgehead atoms. The van der Waals surface area contributed by atoms with Gasteiger partial charge in [0.25, 0.3) is 0 Å². The van der Waals surface area contributed by atoms with Crippen LogP contribution in [0.4, 0.5) is 0 Å². The number of piperidine rings is 1. The number of fused-ring (bicyclic) bond motifs is 1. The van der Waals surface area contributed by atoms with Crippen molar-refractivity contribution in [3.05, 3.63) is 53.9 Å². The molecule has 0 aliphatic carbocycles. The third-order valence-corrected chi connectivity index (χ3v) is 4.82. The molecule has 2 aliphatic rings. The summed E-state index contributed by atoms with van der Waals surface area (Å²) in [6.07, 6.45) is 4.33. The monoisotopic (exact) mass is 339 g/mol. The van der Waals surface area contributed by atoms with E-state index in [1.165, 1.54) is 18.4 Å². The molecule has 1 aromatic heterocycles. The van der Waals surface area contributed by atoms with Gasteiger partial charge < -0.3 is 14.8 Å². The molecule has 0 amide bonds. The van der Waals surface area contributed by atoms with Crippen molar-refractivity contribution in [1.82, 2.24) is 15.2 Å². The number of likely N-dealkylation sites (tertiary alicyclic amines) is 1. The van der Waals surface area contributed by atoms with Crippen LogP contribution in [0.3, 0.4) is 0 Å². The molecule has 0 unspecified atom stereocenters. The first-order chi connectivity index (χ1) is 12.4. The Morgan fingerprint density at radius 1 is 1.12 bits per heavy atom. The Morgan fingerprint density at radius 2 is 2.04 bits per heavy atom. The molecule has 5 nitrogen and oxygen atoms in total. The van der Waals surface area contributed by atoms with Gasteiger partial charge in [-0.3, -0.25) is 9.88 Å². The van der Waals surface area contributed by atoms with Crippen LogP contribution < -0.4 is 14.8 Å². The zero-order valence-electron chi connectivity index (χ0n) is 14.5. The van der Waals surface area contributed by atoms with Crippen LogP contribution in [0.15, 0.2) is 42.6 Å². The molecule has 1 N–H and O–H groups in total. The van der Waals surface area contributed by atoms with Crippen LogP contribution in [0, 0.1) is 0 Å². The molecule has 1 atom stereocenters. The maximum absolute atomic E-state index is 5.67. The molecule has 25 heavy (non-hydrogen) atoms. The smallest absolute Gasteiger partial charge is 0.161 e. The lowest BCUT2D eigenvalue weighted by atomic mass is 10.0. The largest absolute Gasteiger partial charge is 0.486 e. The van der Waals surface area contributed by atoms with Gasteiger partial charge in [-0.1, -0.05) is 12.1 Å². The fourth-order valence-corrected chi connectivity index (χ4v) is 3.55. The Hall–Kier alpha value is -2.11. The fraction of sp³-hybridized carbons (Fsp3) is 0.450. The van der Waals surface area contributed by atoms with Crippen molar-refractivity contribution in [3.8, 4) is 11.5 Å². The Bertz CT molecular complexity index is 693. The lowest BCUT2D eigenvalue weighted by Gasteiger charge is -2.33. The Labute approximate surface area is 149 Å². The molecule has 4 rings (SSSR count). The van der Waals surface area contributed by atoms with E-state index in [1.54, 1.807) is 0 Å². The van der Waals surface area contributed by atoms with Gasteiger partial charge in [-0.2, -0.15) is 0 Å². The van der Waals surface area contributed by atoms with Gasteiger partial charge in [-0.15, -0.1) is 0 Å². The second-order valence-corrected chi connectivity index (χ2v) is 6.75. The van der Waals surface area contributed by atoms with Crippen molar-refractivity contribution in [2.45, 2.75) is 32.0 Å². The van der Waals surface area contributed by atoms with Crippen molar-refractivity contribution in [2.24, 2.45) is 0 Å². The van der Waals surface area contributed by atoms with Crippen LogP contribution in [-0.2, 0) is 13.1 Å². The van der Waals surface area contributed by atoms with E-state index in [-0.39, 0.29) is 0 Å². The molecule has 132 valence electrons. The van der Waals surface area contributed by atoms with Gasteiger partial charge in [0.15, 0.2) is 11.5 Å². The minimum Gasteiger partial charge on any atom is -0.486 e. The molecule has 0 saturated carbocycles. The molecule has 2 aromatic rings. The van der Waals surface area contributed by atoms with Crippen molar-refractivity contribution in [2.75, 3.05) is 26.3 Å². The summed E-state index contributed by atoms with van der Waals surface area (Å²) >= 11 is 0. The number of hydrogen-bond acceptors (Lipinski definition) is 5. The van der Waals surface area contributed by atoms with E-state index in [0.29, 0.717) is 19.3 Å². The highest BCUT2D eigenvalue weighted by molar-refractivity contribution is 5.43. The second-order valence-electron chi connectivity index (χ2n) is 6.75. The zero-order chi connectivity index (χ0) is 16.9. The van der Waals surface area contributed by atoms with E-state index in [9.17, 15) is 0 Å². The predicted molar refractivity (Wildman–Crippen MR) is 96.8 cm³/mol. The summed E-state index contributed by atoms with van der Waals surface area (Å²) in [5.74, 6) is 1.72. The molecule has 0 radical (unpaired) electrons. The van der Waals surface area contributed by atoms with E-state index in [0.717, 1.165) is 43.4 Å². The fourth-order valence-electron chi connectivity index (χ4n) is 3.55. The van der Waals surface area contributed by atoms with E-state index in [2.05, 4.69) is 39.5 Å². The zero-order valence-corrected chi connectivity index (χ0v) is 14.5. The highest BCUT2D eigenvalue weighted by Crippen LogP contribution is 2.30. The first-order valence-corrected chi connectivity index (χ1v) is 9.11. The second kappa shape index (κ2) is 7.85. The van der Waals surface area contributed by atoms with Gasteiger partial charge in [0.1, 0.15) is 13.2 Å². The number of benzene rings is 1. The first-order valence-electron chi connectivity index (χ1n) is 9.11. The number of nitrogens with zero attached hydrogens (tertiary/aromatic N) is 2. The predicted octanol–water partition coefficient (Wildman–Crippen LogP) is 2.61. The number of ether oxygens (including phenoxy) is 2. The molecule has 1 aromatic carbocycles. The van der Waals surface area contributed by atoms with E-state index < -0.39 is 0 Å². The van der Waals surface area contributed by atoms with Gasteiger partial charge in [-0.25, -0.2) is 0 Å². The lowest BCUT2D eigenvalue weighted by Crippen LogP contribution is -2.45. The van der Waals surface area contributed by atoms with Crippen LogP contribution in [-0.4, -0.2) is 42.2 Å². The number of aromatic nitrogens is 1. The topological polar surface area (TPSA) is 46.6 Å². The summed E-state index contributed by atoms with van der Waals surface area (Å²) in [5.41, 5.74) is 2.39. The van der Waals surface area contributed by atoms with Crippen LogP contribution in [0.25, 0.3) is 0 Å². The first kappa shape index (κ1) is 16.4. The van der Waals surface area contributed by atoms with Gasteiger partial charge in [0, 0.05) is 31.9 Å². The molecular weight excluding hydrogens is 314 g/mol. The van der Waals surface area contributed by atoms with Crippen LogP contribution in [0.1, 0.15) is 24.1 Å². The summed E-state index contributed by atoms with van der Waals surface area (Å²) in [7, 11) is 0. The summed E-state index contributed by atoms with van der Waals surface area (Å²) in [6.45, 7) is 5.29. The lowest BCUT2D eigenvalue weighted by molar-refractivity contribution is 0.171. The number of hydrogen-bond donors (Lipinski definition) is 1. The molecule has 3 heterocycles. The van der Waals surface area contributed by atoms with Gasteiger partial charge in [0.2, 0.25) is 0 Å². The van der Waals surface area contributed by atoms with Crippen molar-refractivity contribution in [1.29, 1.82) is 0 Å². The SMILES string of the molecule is c1ccc(CN2CCC[C@@H](NCc3ccc4c(c3)OCCO4)C2)nc1. The maximum Gasteiger partial charge on any atom is 0.161 e. The Morgan fingerprint density at radius 3 is 2.92 bits per heavy atom. The number of rotatable bonds is 5. The normalized spacial score (nSPS) is 20.4. The maximum atomic E-state index is 5.67. The molecular formula is C20H25N3O2. The van der Waals surface area contributed by atoms with Crippen LogP contribution in [0.2, 0.25) is 0 Å².